The van der Waals surface area contributed by atoms with E-state index < -0.39 is 5.82 Å². The highest BCUT2D eigenvalue weighted by molar-refractivity contribution is 9.10. The van der Waals surface area contributed by atoms with Crippen molar-refractivity contribution in [3.63, 3.8) is 0 Å². The lowest BCUT2D eigenvalue weighted by atomic mass is 10.2. The van der Waals surface area contributed by atoms with Crippen LogP contribution >= 0.6 is 15.9 Å². The molecule has 0 amide bonds. The van der Waals surface area contributed by atoms with Crippen LogP contribution in [0.1, 0.15) is 10.4 Å². The molecule has 0 unspecified atom stereocenters. The van der Waals surface area contributed by atoms with Crippen LogP contribution in [0.4, 0.5) is 4.39 Å². The first-order valence-electron chi connectivity index (χ1n) is 2.78. The average Bonchev–Trinajstić information content (AvgIpc) is 1.85. The van der Waals surface area contributed by atoms with Crippen molar-refractivity contribution < 1.29 is 14.3 Å². The predicted octanol–water partition coefficient (Wildman–Crippen LogP) is 2.11. The second kappa shape index (κ2) is 3.00. The fraction of sp³-hybridized carbons (Fsp3) is 0. The smallest absolute Gasteiger partial charge is 0.154 e. The Hall–Kier alpha value is -0.900. The van der Waals surface area contributed by atoms with Crippen LogP contribution in [0.25, 0.3) is 0 Å². The first kappa shape index (κ1) is 8.20. The molecule has 0 aliphatic carbocycles. The van der Waals surface area contributed by atoms with Crippen LogP contribution in [0.5, 0.6) is 5.75 Å². The molecule has 4 heteroatoms. The Morgan fingerprint density at radius 1 is 1.55 bits per heavy atom. The van der Waals surface area contributed by atoms with Crippen LogP contribution in [-0.4, -0.2) is 11.4 Å². The second-order valence-corrected chi connectivity index (χ2v) is 2.79. The fourth-order valence-corrected chi connectivity index (χ4v) is 1.20. The van der Waals surface area contributed by atoms with Crippen molar-refractivity contribution in [3.8, 4) is 5.75 Å². The largest absolute Gasteiger partial charge is 0.507 e. The number of halogens is 2. The molecule has 2 nitrogen and oxygen atoms in total. The van der Waals surface area contributed by atoms with E-state index in [9.17, 15) is 9.18 Å². The summed E-state index contributed by atoms with van der Waals surface area (Å²) in [6.07, 6.45) is 0.457. The maximum absolute atomic E-state index is 12.4. The van der Waals surface area contributed by atoms with Crippen LogP contribution in [0.2, 0.25) is 0 Å². The topological polar surface area (TPSA) is 37.3 Å². The minimum absolute atomic E-state index is 0.0615. The number of carbonyl (C=O) groups is 1. The molecular weight excluding hydrogens is 215 g/mol. The molecule has 0 radical (unpaired) electrons. The molecule has 1 aromatic carbocycles. The normalized spacial score (nSPS) is 9.64. The van der Waals surface area contributed by atoms with Crippen molar-refractivity contribution >= 4 is 22.2 Å². The minimum atomic E-state index is -0.583. The van der Waals surface area contributed by atoms with Crippen LogP contribution in [0, 0.1) is 5.82 Å². The summed E-state index contributed by atoms with van der Waals surface area (Å²) in [5.74, 6) is -0.938. The van der Waals surface area contributed by atoms with Gasteiger partial charge in [-0.2, -0.15) is 0 Å². The van der Waals surface area contributed by atoms with Gasteiger partial charge in [-0.1, -0.05) is 0 Å². The first-order valence-corrected chi connectivity index (χ1v) is 3.57. The molecule has 11 heavy (non-hydrogen) atoms. The molecule has 1 rings (SSSR count). The van der Waals surface area contributed by atoms with E-state index in [4.69, 9.17) is 5.11 Å². The van der Waals surface area contributed by atoms with Gasteiger partial charge in [0.05, 0.1) is 5.56 Å². The molecule has 0 spiro atoms. The van der Waals surface area contributed by atoms with Crippen molar-refractivity contribution in [1.29, 1.82) is 0 Å². The summed E-state index contributed by atoms with van der Waals surface area (Å²) in [5, 5.41) is 8.97. The lowest BCUT2D eigenvalue weighted by Gasteiger charge is -1.98. The number of hydrogen-bond acceptors (Lipinski definition) is 2. The van der Waals surface area contributed by atoms with Gasteiger partial charge < -0.3 is 5.11 Å². The Labute approximate surface area is 70.8 Å². The Morgan fingerprint density at radius 2 is 2.18 bits per heavy atom. The van der Waals surface area contributed by atoms with Crippen molar-refractivity contribution in [1.82, 2.24) is 0 Å². The van der Waals surface area contributed by atoms with E-state index in [1.807, 2.05) is 0 Å². The van der Waals surface area contributed by atoms with Crippen molar-refractivity contribution in [2.75, 3.05) is 0 Å². The van der Waals surface area contributed by atoms with Crippen LogP contribution in [-0.2, 0) is 0 Å². The Morgan fingerprint density at radius 3 is 2.64 bits per heavy atom. The molecule has 0 heterocycles. The third-order valence-electron chi connectivity index (χ3n) is 1.19. The quantitative estimate of drug-likeness (QED) is 0.734. The standard InChI is InChI=1S/C7H4BrFO2/c8-6-1-4(9)2-7(11)5(6)3-10/h1-3,11H. The summed E-state index contributed by atoms with van der Waals surface area (Å²) < 4.78 is 12.7. The van der Waals surface area contributed by atoms with Gasteiger partial charge in [-0.15, -0.1) is 0 Å². The van der Waals surface area contributed by atoms with E-state index in [0.29, 0.717) is 6.29 Å². The van der Waals surface area contributed by atoms with Gasteiger partial charge in [0.15, 0.2) is 6.29 Å². The zero-order valence-corrected chi connectivity index (χ0v) is 6.93. The summed E-state index contributed by atoms with van der Waals surface area (Å²) >= 11 is 2.93. The molecule has 0 aromatic heterocycles. The SMILES string of the molecule is O=Cc1c(O)cc(F)cc1Br. The van der Waals surface area contributed by atoms with Crippen molar-refractivity contribution in [2.24, 2.45) is 0 Å². The Balaban J connectivity index is 3.36. The molecule has 0 atom stereocenters. The molecular formula is C7H4BrFO2. The minimum Gasteiger partial charge on any atom is -0.507 e. The number of rotatable bonds is 1. The number of phenolic OH excluding ortho intramolecular Hbond substituents is 1. The molecule has 1 N–H and O–H groups in total. The van der Waals surface area contributed by atoms with E-state index in [1.165, 1.54) is 0 Å². The van der Waals surface area contributed by atoms with E-state index in [2.05, 4.69) is 15.9 Å². The number of hydrogen-bond donors (Lipinski definition) is 1. The summed E-state index contributed by atoms with van der Waals surface area (Å²) in [6, 6.07) is 2.00. The average molecular weight is 219 g/mol. The number of carbonyl (C=O) groups excluding carboxylic acids is 1. The molecule has 0 saturated heterocycles. The molecule has 0 aliphatic rings. The number of phenols is 1. The number of benzene rings is 1. The van der Waals surface area contributed by atoms with Gasteiger partial charge in [0.25, 0.3) is 0 Å². The summed E-state index contributed by atoms with van der Waals surface area (Å²) in [4.78, 5) is 10.2. The highest BCUT2D eigenvalue weighted by Crippen LogP contribution is 2.25. The molecule has 0 aliphatic heterocycles. The lowest BCUT2D eigenvalue weighted by Crippen LogP contribution is -1.85. The molecule has 58 valence electrons. The fourth-order valence-electron chi connectivity index (χ4n) is 0.688. The maximum atomic E-state index is 12.4. The zero-order valence-electron chi connectivity index (χ0n) is 5.34. The molecule has 0 bridgehead atoms. The summed E-state index contributed by atoms with van der Waals surface area (Å²) in [7, 11) is 0. The van der Waals surface area contributed by atoms with Crippen LogP contribution < -0.4 is 0 Å². The monoisotopic (exact) mass is 218 g/mol. The van der Waals surface area contributed by atoms with Gasteiger partial charge >= 0.3 is 0 Å². The third kappa shape index (κ3) is 1.57. The number of aromatic hydroxyl groups is 1. The lowest BCUT2D eigenvalue weighted by molar-refractivity contribution is 0.112. The van der Waals surface area contributed by atoms with E-state index in [1.54, 1.807) is 0 Å². The highest BCUT2D eigenvalue weighted by atomic mass is 79.9. The second-order valence-electron chi connectivity index (χ2n) is 1.94. The Kier molecular flexibility index (Phi) is 2.24. The van der Waals surface area contributed by atoms with Crippen molar-refractivity contribution in [2.45, 2.75) is 0 Å². The zero-order chi connectivity index (χ0) is 8.43. The Bertz CT molecular complexity index is 275. The van der Waals surface area contributed by atoms with Gasteiger partial charge in [-0.05, 0) is 22.0 Å². The van der Waals surface area contributed by atoms with Gasteiger partial charge in [0.2, 0.25) is 0 Å². The molecule has 0 fully saturated rings. The van der Waals surface area contributed by atoms with Gasteiger partial charge in [-0.3, -0.25) is 4.79 Å². The molecule has 1 aromatic rings. The van der Waals surface area contributed by atoms with Crippen LogP contribution in [0.3, 0.4) is 0 Å². The van der Waals surface area contributed by atoms with E-state index >= 15 is 0 Å². The highest BCUT2D eigenvalue weighted by Gasteiger charge is 2.06. The first-order chi connectivity index (χ1) is 5.15. The summed E-state index contributed by atoms with van der Waals surface area (Å²) in [6.45, 7) is 0. The maximum Gasteiger partial charge on any atom is 0.154 e. The number of aldehydes is 1. The van der Waals surface area contributed by atoms with E-state index in [0.717, 1.165) is 12.1 Å². The van der Waals surface area contributed by atoms with Crippen LogP contribution in [0.15, 0.2) is 16.6 Å². The van der Waals surface area contributed by atoms with E-state index in [-0.39, 0.29) is 15.8 Å². The van der Waals surface area contributed by atoms with Gasteiger partial charge in [0, 0.05) is 10.5 Å². The van der Waals surface area contributed by atoms with Crippen molar-refractivity contribution in [3.05, 3.63) is 28.0 Å². The van der Waals surface area contributed by atoms with Gasteiger partial charge in [-0.25, -0.2) is 4.39 Å². The predicted molar refractivity (Wildman–Crippen MR) is 41.2 cm³/mol. The summed E-state index contributed by atoms with van der Waals surface area (Å²) in [5.41, 5.74) is 0.0615. The molecule has 0 saturated carbocycles. The third-order valence-corrected chi connectivity index (χ3v) is 1.85. The van der Waals surface area contributed by atoms with Gasteiger partial charge in [0.1, 0.15) is 11.6 Å².